The molecule has 0 aliphatic carbocycles. The minimum Gasteiger partial charge on any atom is -0.374 e. The molecule has 1 heterocycles. The van der Waals surface area contributed by atoms with E-state index in [1.807, 2.05) is 43.5 Å². The summed E-state index contributed by atoms with van der Waals surface area (Å²) in [4.78, 5) is 16.2. The molecule has 0 fully saturated rings. The number of carbonyl (C=O) groups excluding carboxylic acids is 1. The lowest BCUT2D eigenvalue weighted by atomic mass is 10.2. The van der Waals surface area contributed by atoms with E-state index in [4.69, 9.17) is 0 Å². The first-order valence-corrected chi connectivity index (χ1v) is 7.47. The number of hydrogen-bond donors (Lipinski definition) is 2. The van der Waals surface area contributed by atoms with Crippen LogP contribution >= 0.6 is 27.3 Å². The van der Waals surface area contributed by atoms with Crippen LogP contribution in [-0.4, -0.2) is 16.9 Å². The largest absolute Gasteiger partial charge is 0.374 e. The van der Waals surface area contributed by atoms with Gasteiger partial charge in [-0.15, -0.1) is 11.3 Å². The number of aryl methyl sites for hydroxylation is 1. The van der Waals surface area contributed by atoms with E-state index in [1.165, 1.54) is 11.3 Å². The maximum Gasteiger partial charge on any atom is 0.248 e. The zero-order chi connectivity index (χ0) is 13.8. The van der Waals surface area contributed by atoms with Crippen LogP contribution in [0.4, 0.5) is 10.8 Å². The van der Waals surface area contributed by atoms with Crippen molar-refractivity contribution in [1.29, 1.82) is 0 Å². The molecule has 100 valence electrons. The van der Waals surface area contributed by atoms with Crippen LogP contribution < -0.4 is 10.6 Å². The van der Waals surface area contributed by atoms with Crippen molar-refractivity contribution in [3.8, 4) is 0 Å². The fraction of sp³-hybridized carbons (Fsp3) is 0.231. The van der Waals surface area contributed by atoms with Crippen molar-refractivity contribution < 1.29 is 4.79 Å². The van der Waals surface area contributed by atoms with Gasteiger partial charge in [0.25, 0.3) is 0 Å². The van der Waals surface area contributed by atoms with Crippen molar-refractivity contribution in [2.45, 2.75) is 19.9 Å². The summed E-state index contributed by atoms with van der Waals surface area (Å²) in [5.41, 5.74) is 1.81. The van der Waals surface area contributed by atoms with Crippen LogP contribution in [0.1, 0.15) is 12.6 Å². The fourth-order valence-corrected chi connectivity index (χ4v) is 2.44. The highest BCUT2D eigenvalue weighted by atomic mass is 79.9. The van der Waals surface area contributed by atoms with Crippen LogP contribution in [0.5, 0.6) is 0 Å². The highest BCUT2D eigenvalue weighted by Gasteiger charge is 2.14. The summed E-state index contributed by atoms with van der Waals surface area (Å²) in [6.45, 7) is 3.72. The van der Waals surface area contributed by atoms with Gasteiger partial charge in [0.1, 0.15) is 6.04 Å². The molecule has 0 bridgehead atoms. The third kappa shape index (κ3) is 4.04. The van der Waals surface area contributed by atoms with Gasteiger partial charge in [0.05, 0.1) is 5.69 Å². The minimum atomic E-state index is -0.328. The summed E-state index contributed by atoms with van der Waals surface area (Å²) in [5, 5.41) is 8.47. The maximum atomic E-state index is 12.0. The van der Waals surface area contributed by atoms with Gasteiger partial charge in [0, 0.05) is 15.5 Å². The fourth-order valence-electron chi connectivity index (χ4n) is 1.49. The van der Waals surface area contributed by atoms with E-state index in [2.05, 4.69) is 31.5 Å². The number of rotatable bonds is 4. The molecule has 0 saturated heterocycles. The predicted octanol–water partition coefficient (Wildman–Crippen LogP) is 3.65. The first-order valence-electron chi connectivity index (χ1n) is 5.79. The van der Waals surface area contributed by atoms with Crippen LogP contribution in [-0.2, 0) is 4.79 Å². The summed E-state index contributed by atoms with van der Waals surface area (Å²) in [5.74, 6) is -0.0998. The number of carbonyl (C=O) groups is 1. The zero-order valence-corrected chi connectivity index (χ0v) is 13.0. The monoisotopic (exact) mass is 339 g/mol. The van der Waals surface area contributed by atoms with Crippen LogP contribution in [0.2, 0.25) is 0 Å². The summed E-state index contributed by atoms with van der Waals surface area (Å²) < 4.78 is 1.01. The number of benzene rings is 1. The van der Waals surface area contributed by atoms with Gasteiger partial charge >= 0.3 is 0 Å². The van der Waals surface area contributed by atoms with Gasteiger partial charge in [-0.05, 0) is 38.1 Å². The van der Waals surface area contributed by atoms with Gasteiger partial charge in [-0.1, -0.05) is 15.9 Å². The van der Waals surface area contributed by atoms with Gasteiger partial charge < -0.3 is 10.6 Å². The standard InChI is InChI=1S/C13H14BrN3OS/c1-8-7-19-13(15-8)17-12(18)9(2)16-11-5-3-10(14)4-6-11/h3-7,9,16H,1-2H3,(H,15,17,18). The molecule has 2 N–H and O–H groups in total. The number of thiazole rings is 1. The van der Waals surface area contributed by atoms with E-state index in [-0.39, 0.29) is 11.9 Å². The molecule has 1 unspecified atom stereocenters. The van der Waals surface area contributed by atoms with Crippen molar-refractivity contribution in [1.82, 2.24) is 4.98 Å². The van der Waals surface area contributed by atoms with E-state index < -0.39 is 0 Å². The highest BCUT2D eigenvalue weighted by molar-refractivity contribution is 9.10. The molecule has 0 aliphatic rings. The Morgan fingerprint density at radius 2 is 2.05 bits per heavy atom. The summed E-state index contributed by atoms with van der Waals surface area (Å²) in [7, 11) is 0. The highest BCUT2D eigenvalue weighted by Crippen LogP contribution is 2.17. The Labute approximate surface area is 124 Å². The van der Waals surface area contributed by atoms with Crippen LogP contribution in [0.3, 0.4) is 0 Å². The molecule has 0 radical (unpaired) electrons. The van der Waals surface area contributed by atoms with E-state index in [9.17, 15) is 4.79 Å². The second kappa shape index (κ2) is 6.16. The van der Waals surface area contributed by atoms with Crippen molar-refractivity contribution in [2.75, 3.05) is 10.6 Å². The first-order chi connectivity index (χ1) is 9.04. The lowest BCUT2D eigenvalue weighted by Gasteiger charge is -2.14. The predicted molar refractivity (Wildman–Crippen MR) is 82.7 cm³/mol. The number of halogens is 1. The summed E-state index contributed by atoms with van der Waals surface area (Å²) in [6, 6.07) is 7.36. The number of hydrogen-bond acceptors (Lipinski definition) is 4. The number of nitrogens with zero attached hydrogens (tertiary/aromatic N) is 1. The van der Waals surface area contributed by atoms with E-state index >= 15 is 0 Å². The van der Waals surface area contributed by atoms with Crippen LogP contribution in [0, 0.1) is 6.92 Å². The van der Waals surface area contributed by atoms with Gasteiger partial charge in [0.15, 0.2) is 5.13 Å². The molecule has 19 heavy (non-hydrogen) atoms. The molecule has 0 saturated carbocycles. The van der Waals surface area contributed by atoms with Crippen molar-refractivity contribution >= 4 is 44.0 Å². The number of nitrogens with one attached hydrogen (secondary N) is 2. The number of aromatic nitrogens is 1. The SMILES string of the molecule is Cc1csc(NC(=O)C(C)Nc2ccc(Br)cc2)n1. The molecular formula is C13H14BrN3OS. The van der Waals surface area contributed by atoms with Gasteiger partial charge in [-0.2, -0.15) is 0 Å². The smallest absolute Gasteiger partial charge is 0.248 e. The molecule has 2 rings (SSSR count). The van der Waals surface area contributed by atoms with Crippen LogP contribution in [0.25, 0.3) is 0 Å². The molecule has 1 atom stereocenters. The number of amides is 1. The van der Waals surface area contributed by atoms with E-state index in [0.29, 0.717) is 5.13 Å². The Bertz CT molecular complexity index is 568. The average molecular weight is 340 g/mol. The molecule has 1 aromatic heterocycles. The Hall–Kier alpha value is -1.40. The van der Waals surface area contributed by atoms with Gasteiger partial charge in [-0.25, -0.2) is 4.98 Å². The molecule has 2 aromatic rings. The van der Waals surface area contributed by atoms with Crippen LogP contribution in [0.15, 0.2) is 34.1 Å². The third-order valence-corrected chi connectivity index (χ3v) is 3.87. The quantitative estimate of drug-likeness (QED) is 0.893. The summed E-state index contributed by atoms with van der Waals surface area (Å²) >= 11 is 4.80. The molecule has 0 spiro atoms. The van der Waals surface area contributed by atoms with E-state index in [0.717, 1.165) is 15.9 Å². The minimum absolute atomic E-state index is 0.0998. The molecule has 4 nitrogen and oxygen atoms in total. The van der Waals surface area contributed by atoms with Gasteiger partial charge in [-0.3, -0.25) is 4.79 Å². The second-order valence-corrected chi connectivity index (χ2v) is 5.93. The molecular weight excluding hydrogens is 326 g/mol. The normalized spacial score (nSPS) is 11.9. The lowest BCUT2D eigenvalue weighted by molar-refractivity contribution is -0.116. The molecule has 1 aromatic carbocycles. The zero-order valence-electron chi connectivity index (χ0n) is 10.6. The Morgan fingerprint density at radius 1 is 1.37 bits per heavy atom. The summed E-state index contributed by atoms with van der Waals surface area (Å²) in [6.07, 6.45) is 0. The molecule has 1 amide bonds. The maximum absolute atomic E-state index is 12.0. The van der Waals surface area contributed by atoms with Crippen molar-refractivity contribution in [3.05, 3.63) is 39.8 Å². The van der Waals surface area contributed by atoms with Crippen molar-refractivity contribution in [3.63, 3.8) is 0 Å². The topological polar surface area (TPSA) is 54.0 Å². The Morgan fingerprint density at radius 3 is 2.63 bits per heavy atom. The molecule has 0 aliphatic heterocycles. The van der Waals surface area contributed by atoms with Crippen molar-refractivity contribution in [2.24, 2.45) is 0 Å². The number of anilines is 2. The van der Waals surface area contributed by atoms with Gasteiger partial charge in [0.2, 0.25) is 5.91 Å². The second-order valence-electron chi connectivity index (χ2n) is 4.16. The van der Waals surface area contributed by atoms with E-state index in [1.54, 1.807) is 0 Å². The lowest BCUT2D eigenvalue weighted by Crippen LogP contribution is -2.31. The third-order valence-electron chi connectivity index (χ3n) is 2.47. The Balaban J connectivity index is 1.94. The Kier molecular flexibility index (Phi) is 4.55. The average Bonchev–Trinajstić information content (AvgIpc) is 2.77. The molecule has 6 heteroatoms. The first kappa shape index (κ1) is 14.0.